The number of hydrogen-bond donors (Lipinski definition) is 3. The zero-order chi connectivity index (χ0) is 24.1. The number of phenols is 1. The first-order valence-electron chi connectivity index (χ1n) is 10.5. The van der Waals surface area contributed by atoms with E-state index in [1.54, 1.807) is 60.7 Å². The average molecular weight is 481 g/mol. The lowest BCUT2D eigenvalue weighted by Crippen LogP contribution is -2.22. The van der Waals surface area contributed by atoms with E-state index in [9.17, 15) is 19.8 Å². The number of carbonyl (C=O) groups excluding carboxylic acids is 2. The molecule has 0 saturated heterocycles. The van der Waals surface area contributed by atoms with Gasteiger partial charge < -0.3 is 15.5 Å². The van der Waals surface area contributed by atoms with E-state index >= 15 is 0 Å². The van der Waals surface area contributed by atoms with Crippen molar-refractivity contribution in [3.05, 3.63) is 98.6 Å². The maximum Gasteiger partial charge on any atom is 0.279 e. The van der Waals surface area contributed by atoms with Crippen LogP contribution in [0.4, 0.5) is 5.69 Å². The highest BCUT2D eigenvalue weighted by Gasteiger charge is 2.27. The zero-order valence-corrected chi connectivity index (χ0v) is 18.7. The van der Waals surface area contributed by atoms with E-state index in [1.807, 2.05) is 0 Å². The van der Waals surface area contributed by atoms with Gasteiger partial charge in [-0.1, -0.05) is 47.7 Å². The lowest BCUT2D eigenvalue weighted by atomic mass is 10.1. The Labute approximate surface area is 201 Å². The smallest absolute Gasteiger partial charge is 0.279 e. The van der Waals surface area contributed by atoms with Crippen molar-refractivity contribution in [3.8, 4) is 17.3 Å². The van der Waals surface area contributed by atoms with Crippen molar-refractivity contribution in [1.82, 2.24) is 4.57 Å². The van der Waals surface area contributed by atoms with Gasteiger partial charge in [-0.05, 0) is 36.4 Å². The minimum atomic E-state index is -0.470. The fraction of sp³-hybridized carbons (Fsp3) is 0. The first-order chi connectivity index (χ1) is 17.0. The molecule has 1 aromatic heterocycles. The van der Waals surface area contributed by atoms with E-state index in [0.717, 1.165) is 11.3 Å². The minimum absolute atomic E-state index is 0.0512. The molecular formula is C25H15N5O4S. The Bertz CT molecular complexity index is 1780. The Morgan fingerprint density at radius 1 is 0.886 bits per heavy atom. The highest BCUT2D eigenvalue weighted by Crippen LogP contribution is 2.31. The van der Waals surface area contributed by atoms with Crippen molar-refractivity contribution < 1.29 is 19.8 Å². The van der Waals surface area contributed by atoms with Crippen molar-refractivity contribution >= 4 is 40.1 Å². The molecule has 4 aromatic rings. The van der Waals surface area contributed by atoms with Gasteiger partial charge in [-0.3, -0.25) is 14.2 Å². The van der Waals surface area contributed by atoms with E-state index in [4.69, 9.17) is 0 Å². The summed E-state index contributed by atoms with van der Waals surface area (Å²) in [5, 5.41) is 33.3. The highest BCUT2D eigenvalue weighted by atomic mass is 32.1. The quantitative estimate of drug-likeness (QED) is 0.384. The van der Waals surface area contributed by atoms with Gasteiger partial charge in [-0.2, -0.15) is 0 Å². The second-order valence-corrected chi connectivity index (χ2v) is 8.72. The third-order valence-electron chi connectivity index (χ3n) is 5.62. The largest absolute Gasteiger partial charge is 0.508 e. The SMILES string of the molecule is O=C1N=c2ccccc2=C1c1s/c(=N/N=C2/C(=O)Nc3ccccc32)n(-c2ccc(O)cc2)c1O. The summed E-state index contributed by atoms with van der Waals surface area (Å²) in [6.45, 7) is 0. The summed E-state index contributed by atoms with van der Waals surface area (Å²) in [6, 6.07) is 20.3. The summed E-state index contributed by atoms with van der Waals surface area (Å²) < 4.78 is 1.41. The molecule has 2 aliphatic heterocycles. The van der Waals surface area contributed by atoms with Crippen molar-refractivity contribution in [1.29, 1.82) is 0 Å². The van der Waals surface area contributed by atoms with Crippen LogP contribution >= 0.6 is 11.3 Å². The third kappa shape index (κ3) is 3.35. The summed E-state index contributed by atoms with van der Waals surface area (Å²) in [6.07, 6.45) is 0. The number of fused-ring (bicyclic) bond motifs is 2. The lowest BCUT2D eigenvalue weighted by molar-refractivity contribution is -0.112. The molecule has 3 aromatic carbocycles. The first kappa shape index (κ1) is 20.8. The lowest BCUT2D eigenvalue weighted by Gasteiger charge is -2.05. The second-order valence-electron chi connectivity index (χ2n) is 7.75. The van der Waals surface area contributed by atoms with Crippen molar-refractivity contribution in [2.75, 3.05) is 5.32 Å². The predicted molar refractivity (Wildman–Crippen MR) is 129 cm³/mol. The fourth-order valence-electron chi connectivity index (χ4n) is 4.01. The Morgan fingerprint density at radius 3 is 2.46 bits per heavy atom. The molecule has 0 saturated carbocycles. The molecular weight excluding hydrogens is 466 g/mol. The van der Waals surface area contributed by atoms with Gasteiger partial charge in [-0.15, -0.1) is 10.2 Å². The molecule has 2 aliphatic rings. The van der Waals surface area contributed by atoms with Gasteiger partial charge in [0.25, 0.3) is 11.8 Å². The number of rotatable bonds is 3. The minimum Gasteiger partial charge on any atom is -0.508 e. The summed E-state index contributed by atoms with van der Waals surface area (Å²) in [4.78, 5) is 29.8. The molecule has 3 heterocycles. The first-order valence-corrected chi connectivity index (χ1v) is 11.3. The molecule has 0 bridgehead atoms. The number of phenolic OH excluding ortho intramolecular Hbond substituents is 1. The van der Waals surface area contributed by atoms with Crippen LogP contribution in [-0.4, -0.2) is 32.3 Å². The van der Waals surface area contributed by atoms with E-state index in [0.29, 0.717) is 27.5 Å². The molecule has 3 N–H and O–H groups in total. The highest BCUT2D eigenvalue weighted by molar-refractivity contribution is 7.11. The maximum absolute atomic E-state index is 12.8. The number of anilines is 1. The van der Waals surface area contributed by atoms with Crippen molar-refractivity contribution in [3.63, 3.8) is 0 Å². The Morgan fingerprint density at radius 2 is 1.63 bits per heavy atom. The third-order valence-corrected chi connectivity index (χ3v) is 6.66. The fourth-order valence-corrected chi connectivity index (χ4v) is 5.04. The summed E-state index contributed by atoms with van der Waals surface area (Å²) in [5.74, 6) is -1.04. The zero-order valence-electron chi connectivity index (χ0n) is 17.8. The average Bonchev–Trinajstić information content (AvgIpc) is 3.47. The normalized spacial score (nSPS) is 15.8. The van der Waals surface area contributed by atoms with Gasteiger partial charge in [0.1, 0.15) is 10.6 Å². The topological polar surface area (TPSA) is 129 Å². The standard InChI is InChI=1S/C25H15N5O4S/c31-14-11-9-13(10-12-14)30-24(34)21(19-15-5-1-3-7-17(15)26-22(19)32)35-25(30)29-28-20-16-6-2-4-8-18(16)27-23(20)33/h1-12,31,34H,(H,27,28,33)/b29-25+. The number of carbonyl (C=O) groups is 2. The van der Waals surface area contributed by atoms with Crippen LogP contribution in [0.25, 0.3) is 11.3 Å². The van der Waals surface area contributed by atoms with Crippen LogP contribution in [0.15, 0.2) is 88.0 Å². The van der Waals surface area contributed by atoms with Gasteiger partial charge in [-0.25, -0.2) is 4.99 Å². The summed E-state index contributed by atoms with van der Waals surface area (Å²) in [7, 11) is 0. The van der Waals surface area contributed by atoms with Crippen molar-refractivity contribution in [2.45, 2.75) is 0 Å². The van der Waals surface area contributed by atoms with E-state index in [-0.39, 0.29) is 38.5 Å². The number of benzene rings is 3. The molecule has 0 fully saturated rings. The molecule has 10 heteroatoms. The molecule has 9 nitrogen and oxygen atoms in total. The monoisotopic (exact) mass is 481 g/mol. The summed E-state index contributed by atoms with van der Waals surface area (Å²) >= 11 is 1.04. The van der Waals surface area contributed by atoms with E-state index in [2.05, 4.69) is 20.5 Å². The molecule has 35 heavy (non-hydrogen) atoms. The number of hydrogen-bond acceptors (Lipinski definition) is 7. The van der Waals surface area contributed by atoms with E-state index in [1.165, 1.54) is 16.7 Å². The van der Waals surface area contributed by atoms with Crippen LogP contribution < -0.4 is 20.7 Å². The number of amides is 2. The number of para-hydroxylation sites is 2. The number of nitrogens with one attached hydrogen (secondary N) is 1. The molecule has 0 atom stereocenters. The van der Waals surface area contributed by atoms with Crippen molar-refractivity contribution in [2.24, 2.45) is 15.2 Å². The Kier molecular flexibility index (Phi) is 4.68. The molecule has 0 unspecified atom stereocenters. The molecule has 2 amide bonds. The maximum atomic E-state index is 12.8. The Balaban J connectivity index is 1.61. The van der Waals surface area contributed by atoms with Crippen LogP contribution in [0.2, 0.25) is 0 Å². The van der Waals surface area contributed by atoms with Crippen LogP contribution in [0.3, 0.4) is 0 Å². The molecule has 170 valence electrons. The molecule has 0 spiro atoms. The van der Waals surface area contributed by atoms with Crippen LogP contribution in [-0.2, 0) is 9.59 Å². The molecule has 6 rings (SSSR count). The van der Waals surface area contributed by atoms with Gasteiger partial charge >= 0.3 is 0 Å². The van der Waals surface area contributed by atoms with Gasteiger partial charge in [0.15, 0.2) is 5.71 Å². The number of aromatic nitrogens is 1. The second kappa shape index (κ2) is 7.89. The summed E-state index contributed by atoms with van der Waals surface area (Å²) in [5.41, 5.74) is 2.13. The Hall–Kier alpha value is -4.83. The van der Waals surface area contributed by atoms with Gasteiger partial charge in [0.2, 0.25) is 10.7 Å². The number of aromatic hydroxyl groups is 2. The molecule has 0 radical (unpaired) electrons. The van der Waals surface area contributed by atoms with Gasteiger partial charge in [0.05, 0.1) is 22.3 Å². The van der Waals surface area contributed by atoms with Crippen LogP contribution in [0, 0.1) is 0 Å². The number of thiazole rings is 1. The van der Waals surface area contributed by atoms with Gasteiger partial charge in [0, 0.05) is 10.8 Å². The number of nitrogens with zero attached hydrogens (tertiary/aromatic N) is 4. The predicted octanol–water partition coefficient (Wildman–Crippen LogP) is 1.57. The molecule has 0 aliphatic carbocycles. The van der Waals surface area contributed by atoms with E-state index < -0.39 is 5.91 Å². The van der Waals surface area contributed by atoms with Crippen LogP contribution in [0.1, 0.15) is 10.4 Å². The van der Waals surface area contributed by atoms with Crippen LogP contribution in [0.5, 0.6) is 11.6 Å².